The second-order valence-electron chi connectivity index (χ2n) is 4.36. The summed E-state index contributed by atoms with van der Waals surface area (Å²) in [6.45, 7) is 3.86. The van der Waals surface area contributed by atoms with Crippen LogP contribution < -0.4 is 10.6 Å². The van der Waals surface area contributed by atoms with Crippen LogP contribution >= 0.6 is 0 Å². The minimum absolute atomic E-state index is 0.259. The van der Waals surface area contributed by atoms with Crippen LogP contribution in [0.2, 0.25) is 0 Å². The molecule has 0 fully saturated rings. The Hall–Kier alpha value is -2.17. The molecule has 0 radical (unpaired) electrons. The van der Waals surface area contributed by atoms with E-state index in [9.17, 15) is 4.39 Å². The second kappa shape index (κ2) is 5.22. The van der Waals surface area contributed by atoms with E-state index < -0.39 is 0 Å². The van der Waals surface area contributed by atoms with E-state index in [0.29, 0.717) is 11.6 Å². The minimum Gasteiger partial charge on any atom is -0.383 e. The van der Waals surface area contributed by atoms with Gasteiger partial charge in [0.05, 0.1) is 0 Å². The maximum Gasteiger partial charge on any atom is 0.141 e. The molecular formula is C14H17FN4. The first-order valence-corrected chi connectivity index (χ1v) is 6.15. The van der Waals surface area contributed by atoms with E-state index in [0.717, 1.165) is 23.5 Å². The van der Waals surface area contributed by atoms with Gasteiger partial charge in [0.1, 0.15) is 23.3 Å². The molecule has 2 aromatic rings. The van der Waals surface area contributed by atoms with Crippen LogP contribution in [-0.2, 0) is 6.42 Å². The van der Waals surface area contributed by atoms with Gasteiger partial charge < -0.3 is 10.6 Å². The zero-order chi connectivity index (χ0) is 14.0. The molecule has 0 bridgehead atoms. The van der Waals surface area contributed by atoms with Gasteiger partial charge >= 0.3 is 0 Å². The van der Waals surface area contributed by atoms with E-state index in [2.05, 4.69) is 9.97 Å². The SMILES string of the molecule is CCc1nc(N)c(C)c(N(C)c2ccc(F)cc2)n1. The third-order valence-corrected chi connectivity index (χ3v) is 3.05. The lowest BCUT2D eigenvalue weighted by molar-refractivity contribution is 0.628. The highest BCUT2D eigenvalue weighted by molar-refractivity contribution is 5.65. The summed E-state index contributed by atoms with van der Waals surface area (Å²) in [7, 11) is 1.88. The summed E-state index contributed by atoms with van der Waals surface area (Å²) in [6.07, 6.45) is 0.717. The van der Waals surface area contributed by atoms with Gasteiger partial charge in [-0.2, -0.15) is 0 Å². The van der Waals surface area contributed by atoms with Crippen LogP contribution in [0.25, 0.3) is 0 Å². The number of benzene rings is 1. The standard InChI is InChI=1S/C14H17FN4/c1-4-12-17-13(16)9(2)14(18-12)19(3)11-7-5-10(15)6-8-11/h5-8H,4H2,1-3H3,(H2,16,17,18). The molecule has 4 nitrogen and oxygen atoms in total. The zero-order valence-electron chi connectivity index (χ0n) is 11.3. The Balaban J connectivity index is 2.45. The summed E-state index contributed by atoms with van der Waals surface area (Å²) in [4.78, 5) is 10.6. The smallest absolute Gasteiger partial charge is 0.141 e. The highest BCUT2D eigenvalue weighted by Crippen LogP contribution is 2.27. The number of halogens is 1. The molecule has 0 atom stereocenters. The maximum absolute atomic E-state index is 13.0. The molecule has 2 N–H and O–H groups in total. The number of aryl methyl sites for hydroxylation is 1. The fourth-order valence-electron chi connectivity index (χ4n) is 1.84. The number of nitrogens with zero attached hydrogens (tertiary/aromatic N) is 3. The Morgan fingerprint density at radius 1 is 1.21 bits per heavy atom. The lowest BCUT2D eigenvalue weighted by Gasteiger charge is -2.21. The van der Waals surface area contributed by atoms with Crippen molar-refractivity contribution in [2.45, 2.75) is 20.3 Å². The Bertz CT molecular complexity index is 581. The van der Waals surface area contributed by atoms with Crippen LogP contribution in [0.1, 0.15) is 18.3 Å². The van der Waals surface area contributed by atoms with Gasteiger partial charge in [0.25, 0.3) is 0 Å². The topological polar surface area (TPSA) is 55.0 Å². The maximum atomic E-state index is 13.0. The predicted molar refractivity (Wildman–Crippen MR) is 75.0 cm³/mol. The number of aromatic nitrogens is 2. The Labute approximate surface area is 112 Å². The molecular weight excluding hydrogens is 243 g/mol. The highest BCUT2D eigenvalue weighted by Gasteiger charge is 2.13. The molecule has 2 rings (SSSR count). The molecule has 0 aliphatic heterocycles. The summed E-state index contributed by atoms with van der Waals surface area (Å²) < 4.78 is 13.0. The number of nitrogens with two attached hydrogens (primary N) is 1. The molecule has 0 saturated carbocycles. The van der Waals surface area contributed by atoms with E-state index in [1.54, 1.807) is 12.1 Å². The van der Waals surface area contributed by atoms with Crippen molar-refractivity contribution in [2.75, 3.05) is 17.7 Å². The molecule has 1 aromatic carbocycles. The Morgan fingerprint density at radius 2 is 1.84 bits per heavy atom. The first-order valence-electron chi connectivity index (χ1n) is 6.15. The number of hydrogen-bond donors (Lipinski definition) is 1. The quantitative estimate of drug-likeness (QED) is 0.922. The molecule has 19 heavy (non-hydrogen) atoms. The summed E-state index contributed by atoms with van der Waals surface area (Å²) in [6, 6.07) is 6.26. The molecule has 5 heteroatoms. The van der Waals surface area contributed by atoms with Gasteiger partial charge in [0.2, 0.25) is 0 Å². The average Bonchev–Trinajstić information content (AvgIpc) is 2.41. The van der Waals surface area contributed by atoms with Crippen molar-refractivity contribution < 1.29 is 4.39 Å². The molecule has 1 aromatic heterocycles. The third kappa shape index (κ3) is 2.65. The molecule has 0 aliphatic carbocycles. The van der Waals surface area contributed by atoms with E-state index in [-0.39, 0.29) is 5.82 Å². The van der Waals surface area contributed by atoms with E-state index in [1.807, 2.05) is 25.8 Å². The van der Waals surface area contributed by atoms with Gasteiger partial charge in [0, 0.05) is 24.7 Å². The van der Waals surface area contributed by atoms with Crippen LogP contribution in [-0.4, -0.2) is 17.0 Å². The second-order valence-corrected chi connectivity index (χ2v) is 4.36. The zero-order valence-corrected chi connectivity index (χ0v) is 11.3. The number of hydrogen-bond acceptors (Lipinski definition) is 4. The van der Waals surface area contributed by atoms with E-state index >= 15 is 0 Å². The molecule has 0 unspecified atom stereocenters. The summed E-state index contributed by atoms with van der Waals surface area (Å²) >= 11 is 0. The number of anilines is 3. The van der Waals surface area contributed by atoms with Crippen LogP contribution in [0.5, 0.6) is 0 Å². The minimum atomic E-state index is -0.259. The van der Waals surface area contributed by atoms with Gasteiger partial charge in [-0.1, -0.05) is 6.92 Å². The van der Waals surface area contributed by atoms with Crippen LogP contribution in [0.3, 0.4) is 0 Å². The first-order chi connectivity index (χ1) is 9.02. The van der Waals surface area contributed by atoms with Crippen LogP contribution in [0.4, 0.5) is 21.7 Å². The molecule has 0 amide bonds. The van der Waals surface area contributed by atoms with Crippen molar-refractivity contribution in [1.82, 2.24) is 9.97 Å². The van der Waals surface area contributed by atoms with Gasteiger partial charge in [-0.15, -0.1) is 0 Å². The third-order valence-electron chi connectivity index (χ3n) is 3.05. The van der Waals surface area contributed by atoms with Crippen molar-refractivity contribution >= 4 is 17.3 Å². The van der Waals surface area contributed by atoms with Crippen LogP contribution in [0.15, 0.2) is 24.3 Å². The fourth-order valence-corrected chi connectivity index (χ4v) is 1.84. The molecule has 0 spiro atoms. The van der Waals surface area contributed by atoms with Gasteiger partial charge in [-0.25, -0.2) is 14.4 Å². The van der Waals surface area contributed by atoms with Gasteiger partial charge in [-0.3, -0.25) is 0 Å². The van der Waals surface area contributed by atoms with Crippen molar-refractivity contribution in [2.24, 2.45) is 0 Å². The lowest BCUT2D eigenvalue weighted by atomic mass is 10.2. The van der Waals surface area contributed by atoms with E-state index in [1.165, 1.54) is 12.1 Å². The Morgan fingerprint density at radius 3 is 2.42 bits per heavy atom. The van der Waals surface area contributed by atoms with Crippen molar-refractivity contribution in [3.63, 3.8) is 0 Å². The Kier molecular flexibility index (Phi) is 3.64. The van der Waals surface area contributed by atoms with Gasteiger partial charge in [0.15, 0.2) is 0 Å². The largest absolute Gasteiger partial charge is 0.383 e. The number of nitrogen functional groups attached to an aromatic ring is 1. The monoisotopic (exact) mass is 260 g/mol. The van der Waals surface area contributed by atoms with Gasteiger partial charge in [-0.05, 0) is 31.2 Å². The van der Waals surface area contributed by atoms with Crippen molar-refractivity contribution in [3.05, 3.63) is 41.5 Å². The lowest BCUT2D eigenvalue weighted by Crippen LogP contribution is -2.16. The van der Waals surface area contributed by atoms with Crippen molar-refractivity contribution in [1.29, 1.82) is 0 Å². The summed E-state index contributed by atoms with van der Waals surface area (Å²) in [5.41, 5.74) is 7.57. The first kappa shape index (κ1) is 13.3. The highest BCUT2D eigenvalue weighted by atomic mass is 19.1. The summed E-state index contributed by atoms with van der Waals surface area (Å²) in [5.74, 6) is 1.67. The predicted octanol–water partition coefficient (Wildman–Crippen LogP) is 2.84. The fraction of sp³-hybridized carbons (Fsp3) is 0.286. The number of rotatable bonds is 3. The normalized spacial score (nSPS) is 10.5. The summed E-state index contributed by atoms with van der Waals surface area (Å²) in [5, 5.41) is 0. The average molecular weight is 260 g/mol. The molecule has 0 aliphatic rings. The molecule has 100 valence electrons. The van der Waals surface area contributed by atoms with Crippen molar-refractivity contribution in [3.8, 4) is 0 Å². The molecule has 0 saturated heterocycles. The van der Waals surface area contributed by atoms with E-state index in [4.69, 9.17) is 5.73 Å². The van der Waals surface area contributed by atoms with Crippen LogP contribution in [0, 0.1) is 12.7 Å². The molecule has 1 heterocycles.